The van der Waals surface area contributed by atoms with Crippen LogP contribution < -0.4 is 10.3 Å². The van der Waals surface area contributed by atoms with E-state index in [9.17, 15) is 0 Å². The molecular weight excluding hydrogens is 459 g/mol. The second-order valence-corrected chi connectivity index (χ2v) is 14.5. The highest BCUT2D eigenvalue weighted by atomic mass is 15.1. The molecule has 38 heavy (non-hydrogen) atoms. The lowest BCUT2D eigenvalue weighted by Gasteiger charge is -2.26. The first-order valence-corrected chi connectivity index (χ1v) is 14.6. The third-order valence-electron chi connectivity index (χ3n) is 7.90. The topological polar surface area (TPSA) is 8.81 Å². The molecule has 204 valence electrons. The van der Waals surface area contributed by atoms with Gasteiger partial charge in [-0.2, -0.15) is 0 Å². The fourth-order valence-electron chi connectivity index (χ4n) is 5.32. The minimum absolute atomic E-state index is 0.0844. The van der Waals surface area contributed by atoms with Crippen molar-refractivity contribution >= 4 is 13.6 Å². The predicted octanol–water partition coefficient (Wildman–Crippen LogP) is 8.64. The Labute approximate surface area is 235 Å². The molecule has 3 rings (SSSR count). The second kappa shape index (κ2) is 10.7. The van der Waals surface area contributed by atoms with E-state index in [4.69, 9.17) is 7.85 Å². The van der Waals surface area contributed by atoms with E-state index in [-0.39, 0.29) is 10.8 Å². The molecule has 1 aromatic heterocycles. The molecule has 0 spiro atoms. The molecule has 2 nitrogen and oxygen atoms in total. The molecule has 2 radical (unpaired) electrons. The molecule has 0 unspecified atom stereocenters. The van der Waals surface area contributed by atoms with Crippen LogP contribution in [0.4, 0.5) is 0 Å². The van der Waals surface area contributed by atoms with Gasteiger partial charge in [0.15, 0.2) is 5.72 Å². The largest absolute Gasteiger partial charge is 0.240 e. The van der Waals surface area contributed by atoms with Crippen LogP contribution in [0.5, 0.6) is 0 Å². The van der Waals surface area contributed by atoms with Gasteiger partial charge in [-0.3, -0.25) is 0 Å². The summed E-state index contributed by atoms with van der Waals surface area (Å²) in [4.78, 5) is 0. The van der Waals surface area contributed by atoms with Crippen LogP contribution in [0.1, 0.15) is 154 Å². The summed E-state index contributed by atoms with van der Waals surface area (Å²) in [5.41, 5.74) is 11.6. The summed E-state index contributed by atoms with van der Waals surface area (Å²) in [5, 5.41) is 0. The number of benzene rings is 2. The van der Waals surface area contributed by atoms with Gasteiger partial charge in [-0.05, 0) is 45.6 Å². The summed E-state index contributed by atoms with van der Waals surface area (Å²) >= 11 is 0. The maximum Gasteiger partial charge on any atom is 0.240 e. The molecular formula is C35H52BN2+. The fourth-order valence-corrected chi connectivity index (χ4v) is 5.32. The highest BCUT2D eigenvalue weighted by molar-refractivity contribution is 6.28. The average Bonchev–Trinajstić information content (AvgIpc) is 3.16. The van der Waals surface area contributed by atoms with Crippen molar-refractivity contribution in [2.45, 2.75) is 131 Å². The van der Waals surface area contributed by atoms with E-state index in [1.54, 1.807) is 0 Å². The van der Waals surface area contributed by atoms with Crippen molar-refractivity contribution in [3.63, 3.8) is 0 Å². The summed E-state index contributed by atoms with van der Waals surface area (Å²) < 4.78 is 4.48. The zero-order chi connectivity index (χ0) is 28.9. The van der Waals surface area contributed by atoms with Crippen molar-refractivity contribution in [3.05, 3.63) is 70.0 Å². The van der Waals surface area contributed by atoms with Crippen LogP contribution in [0, 0.1) is 0 Å². The summed E-state index contributed by atoms with van der Waals surface area (Å²) in [5.74, 6) is 1.51. The quantitative estimate of drug-likeness (QED) is 0.231. The number of aromatic nitrogens is 2. The van der Waals surface area contributed by atoms with E-state index >= 15 is 0 Å². The Morgan fingerprint density at radius 3 is 1.26 bits per heavy atom. The minimum atomic E-state index is 0.0844. The SMILES string of the molecule is [B]c1n(-c2c(C(C)C)cc(C(C)(C)C)cc2C(C)C)cc[n+]1-c1c(C(C)C)cc(C(C)(C)C)cc1C(C)C. The van der Waals surface area contributed by atoms with E-state index in [1.807, 2.05) is 0 Å². The van der Waals surface area contributed by atoms with E-state index in [1.165, 1.54) is 44.8 Å². The maximum atomic E-state index is 7.12. The van der Waals surface area contributed by atoms with Gasteiger partial charge in [0.25, 0.3) is 0 Å². The third kappa shape index (κ3) is 5.82. The van der Waals surface area contributed by atoms with Gasteiger partial charge in [0, 0.05) is 22.3 Å². The highest BCUT2D eigenvalue weighted by Gasteiger charge is 2.30. The molecule has 0 N–H and O–H groups in total. The number of nitrogens with zero attached hydrogens (tertiary/aromatic N) is 2. The Morgan fingerprint density at radius 2 is 0.947 bits per heavy atom. The second-order valence-electron chi connectivity index (χ2n) is 14.5. The number of imidazole rings is 1. The molecule has 1 heterocycles. The molecule has 0 amide bonds. The van der Waals surface area contributed by atoms with Gasteiger partial charge >= 0.3 is 0 Å². The molecule has 0 aliphatic carbocycles. The number of hydrogen-bond acceptors (Lipinski definition) is 0. The van der Waals surface area contributed by atoms with Gasteiger partial charge in [-0.15, -0.1) is 0 Å². The van der Waals surface area contributed by atoms with Gasteiger partial charge < -0.3 is 0 Å². The molecule has 2 aromatic carbocycles. The van der Waals surface area contributed by atoms with Crippen molar-refractivity contribution < 1.29 is 4.57 Å². The first-order chi connectivity index (χ1) is 17.4. The van der Waals surface area contributed by atoms with E-state index in [0.717, 1.165) is 5.72 Å². The van der Waals surface area contributed by atoms with Gasteiger partial charge in [-0.1, -0.05) is 121 Å². The van der Waals surface area contributed by atoms with Crippen LogP contribution in [0.2, 0.25) is 0 Å². The first kappa shape index (κ1) is 30.3. The van der Waals surface area contributed by atoms with Crippen LogP contribution in [0.25, 0.3) is 11.4 Å². The minimum Gasteiger partial charge on any atom is -0.210 e. The molecule has 0 aliphatic heterocycles. The molecule has 0 atom stereocenters. The monoisotopic (exact) mass is 511 g/mol. The van der Waals surface area contributed by atoms with Crippen molar-refractivity contribution in [1.82, 2.24) is 4.57 Å². The zero-order valence-corrected chi connectivity index (χ0v) is 26.7. The predicted molar refractivity (Wildman–Crippen MR) is 166 cm³/mol. The smallest absolute Gasteiger partial charge is 0.210 e. The molecule has 0 aliphatic rings. The number of rotatable bonds is 6. The summed E-state index contributed by atoms with van der Waals surface area (Å²) in [6, 6.07) is 9.64. The van der Waals surface area contributed by atoms with Gasteiger partial charge in [0.05, 0.1) is 0 Å². The Kier molecular flexibility index (Phi) is 8.52. The standard InChI is InChI=1S/C35H52BN2/c1-21(2)27-17-25(34(9,10)11)18-28(22(3)4)31(27)37-15-16-38(33(37)36)32-29(23(5)6)19-26(35(12,13)14)20-30(32)24(7)8/h15-24H,1-14H3/q+1. The van der Waals surface area contributed by atoms with Gasteiger partial charge in [0.2, 0.25) is 7.85 Å². The fraction of sp³-hybridized carbons (Fsp3) is 0.571. The van der Waals surface area contributed by atoms with Gasteiger partial charge in [0.1, 0.15) is 23.8 Å². The lowest BCUT2D eigenvalue weighted by molar-refractivity contribution is -0.576. The highest BCUT2D eigenvalue weighted by Crippen LogP contribution is 2.37. The Hall–Kier alpha value is -2.29. The third-order valence-corrected chi connectivity index (χ3v) is 7.90. The van der Waals surface area contributed by atoms with Crippen molar-refractivity contribution in [3.8, 4) is 11.4 Å². The van der Waals surface area contributed by atoms with Crippen LogP contribution in [0.15, 0.2) is 36.7 Å². The van der Waals surface area contributed by atoms with E-state index < -0.39 is 0 Å². The van der Waals surface area contributed by atoms with Crippen LogP contribution in [-0.4, -0.2) is 12.4 Å². The molecule has 3 aromatic rings. The van der Waals surface area contributed by atoms with Crippen molar-refractivity contribution in [2.75, 3.05) is 0 Å². The number of hydrogen-bond donors (Lipinski definition) is 0. The van der Waals surface area contributed by atoms with Gasteiger partial charge in [-0.25, -0.2) is 9.13 Å². The summed E-state index contributed by atoms with van der Waals surface area (Å²) in [6.07, 6.45) is 4.34. The lowest BCUT2D eigenvalue weighted by Crippen LogP contribution is -2.49. The molecule has 0 bridgehead atoms. The average molecular weight is 512 g/mol. The Bertz CT molecular complexity index is 1130. The van der Waals surface area contributed by atoms with Crippen LogP contribution >= 0.6 is 0 Å². The van der Waals surface area contributed by atoms with Crippen molar-refractivity contribution in [1.29, 1.82) is 0 Å². The molecule has 0 fully saturated rings. The van der Waals surface area contributed by atoms with Crippen molar-refractivity contribution in [2.24, 2.45) is 0 Å². The Morgan fingerprint density at radius 1 is 0.605 bits per heavy atom. The maximum absolute atomic E-state index is 7.12. The zero-order valence-electron chi connectivity index (χ0n) is 26.7. The molecule has 0 saturated heterocycles. The Balaban J connectivity index is 2.40. The first-order valence-electron chi connectivity index (χ1n) is 14.6. The van der Waals surface area contributed by atoms with E-state index in [0.29, 0.717) is 23.7 Å². The lowest BCUT2D eigenvalue weighted by atomic mass is 9.80. The summed E-state index contributed by atoms with van der Waals surface area (Å²) in [6.45, 7) is 32.2. The van der Waals surface area contributed by atoms with Crippen LogP contribution in [-0.2, 0) is 10.8 Å². The van der Waals surface area contributed by atoms with E-state index in [2.05, 4.69) is 143 Å². The summed E-state index contributed by atoms with van der Waals surface area (Å²) in [7, 11) is 7.12. The molecule has 0 saturated carbocycles. The van der Waals surface area contributed by atoms with Crippen LogP contribution in [0.3, 0.4) is 0 Å². The normalized spacial score (nSPS) is 13.0. The molecule has 3 heteroatoms.